The summed E-state index contributed by atoms with van der Waals surface area (Å²) in [5.41, 5.74) is -0.203. The van der Waals surface area contributed by atoms with Crippen LogP contribution in [0.5, 0.6) is 0 Å². The van der Waals surface area contributed by atoms with Gasteiger partial charge >= 0.3 is 5.97 Å². The number of rotatable bonds is 1. The van der Waals surface area contributed by atoms with Gasteiger partial charge in [-0.15, -0.1) is 0 Å². The van der Waals surface area contributed by atoms with Gasteiger partial charge in [-0.1, -0.05) is 11.6 Å². The Labute approximate surface area is 82.7 Å². The van der Waals surface area contributed by atoms with Gasteiger partial charge in [-0.25, -0.2) is 9.18 Å². The maximum atomic E-state index is 13.3. The van der Waals surface area contributed by atoms with Crippen LogP contribution < -0.4 is 0 Å². The van der Waals surface area contributed by atoms with Crippen molar-refractivity contribution in [1.82, 2.24) is 0 Å². The molecule has 72 valence electrons. The molecule has 5 heteroatoms. The zero-order chi connectivity index (χ0) is 10.3. The normalized spacial score (nSPS) is 10.7. The zero-order valence-electron chi connectivity index (χ0n) is 6.75. The molecule has 0 amide bonds. The first-order valence-corrected chi connectivity index (χ1v) is 4.07. The van der Waals surface area contributed by atoms with E-state index in [1.54, 1.807) is 0 Å². The van der Waals surface area contributed by atoms with Crippen molar-refractivity contribution >= 4 is 28.5 Å². The van der Waals surface area contributed by atoms with Gasteiger partial charge in [0.1, 0.15) is 11.8 Å². The summed E-state index contributed by atoms with van der Waals surface area (Å²) >= 11 is 5.49. The van der Waals surface area contributed by atoms with Gasteiger partial charge in [0.25, 0.3) is 0 Å². The van der Waals surface area contributed by atoms with E-state index in [9.17, 15) is 9.18 Å². The Morgan fingerprint density at radius 3 is 2.86 bits per heavy atom. The zero-order valence-corrected chi connectivity index (χ0v) is 7.51. The number of fused-ring (bicyclic) bond motifs is 1. The third-order valence-electron chi connectivity index (χ3n) is 1.87. The first-order valence-electron chi connectivity index (χ1n) is 3.69. The molecule has 14 heavy (non-hydrogen) atoms. The number of halogens is 2. The molecule has 0 saturated heterocycles. The average molecular weight is 215 g/mol. The highest BCUT2D eigenvalue weighted by Gasteiger charge is 2.16. The van der Waals surface area contributed by atoms with Crippen LogP contribution in [0, 0.1) is 5.82 Å². The lowest BCUT2D eigenvalue weighted by atomic mass is 10.2. The van der Waals surface area contributed by atoms with Gasteiger partial charge < -0.3 is 9.52 Å². The standard InChI is InChI=1S/C9H4ClFO3/c10-6-2-1-4-5(9(12)13)3-14-8(4)7(6)11/h1-3H,(H,12,13). The SMILES string of the molecule is O=C(O)c1coc2c(F)c(Cl)ccc12. The minimum Gasteiger partial charge on any atom is -0.478 e. The number of carbonyl (C=O) groups is 1. The molecule has 1 heterocycles. The van der Waals surface area contributed by atoms with Crippen LogP contribution >= 0.6 is 11.6 Å². The second-order valence-corrected chi connectivity index (χ2v) is 3.10. The van der Waals surface area contributed by atoms with Crippen LogP contribution in [0.15, 0.2) is 22.8 Å². The van der Waals surface area contributed by atoms with E-state index in [4.69, 9.17) is 21.1 Å². The predicted molar refractivity (Wildman–Crippen MR) is 48.1 cm³/mol. The molecular weight excluding hydrogens is 211 g/mol. The van der Waals surface area contributed by atoms with E-state index in [0.29, 0.717) is 0 Å². The molecule has 0 aliphatic carbocycles. The lowest BCUT2D eigenvalue weighted by molar-refractivity contribution is 0.0698. The van der Waals surface area contributed by atoms with Crippen LogP contribution in [0.3, 0.4) is 0 Å². The summed E-state index contributed by atoms with van der Waals surface area (Å²) in [6.45, 7) is 0. The first-order chi connectivity index (χ1) is 6.61. The van der Waals surface area contributed by atoms with Crippen molar-refractivity contribution < 1.29 is 18.7 Å². The van der Waals surface area contributed by atoms with Crippen LogP contribution in [0.2, 0.25) is 5.02 Å². The Bertz CT molecular complexity index is 518. The van der Waals surface area contributed by atoms with Gasteiger partial charge in [0.2, 0.25) is 0 Å². The van der Waals surface area contributed by atoms with Crippen LogP contribution in [0.4, 0.5) is 4.39 Å². The quantitative estimate of drug-likeness (QED) is 0.794. The number of benzene rings is 1. The van der Waals surface area contributed by atoms with Gasteiger partial charge in [-0.2, -0.15) is 0 Å². The summed E-state index contributed by atoms with van der Waals surface area (Å²) in [6, 6.07) is 2.70. The highest BCUT2D eigenvalue weighted by Crippen LogP contribution is 2.28. The van der Waals surface area contributed by atoms with Crippen molar-refractivity contribution in [2.24, 2.45) is 0 Å². The van der Waals surface area contributed by atoms with E-state index in [2.05, 4.69) is 0 Å². The Hall–Kier alpha value is -1.55. The third kappa shape index (κ3) is 1.15. The second-order valence-electron chi connectivity index (χ2n) is 2.69. The topological polar surface area (TPSA) is 50.4 Å². The van der Waals surface area contributed by atoms with Crippen molar-refractivity contribution in [3.05, 3.63) is 34.8 Å². The molecule has 0 aliphatic heterocycles. The molecule has 2 rings (SSSR count). The van der Waals surface area contributed by atoms with Crippen LogP contribution in [0.25, 0.3) is 11.0 Å². The van der Waals surface area contributed by atoms with Crippen LogP contribution in [-0.4, -0.2) is 11.1 Å². The summed E-state index contributed by atoms with van der Waals surface area (Å²) in [5, 5.41) is 8.83. The summed E-state index contributed by atoms with van der Waals surface area (Å²) in [5.74, 6) is -1.90. The van der Waals surface area contributed by atoms with E-state index in [-0.39, 0.29) is 21.6 Å². The lowest BCUT2D eigenvalue weighted by Crippen LogP contribution is -1.93. The maximum absolute atomic E-state index is 13.3. The van der Waals surface area contributed by atoms with E-state index in [1.165, 1.54) is 12.1 Å². The number of carboxylic acids is 1. The van der Waals surface area contributed by atoms with Gasteiger partial charge in [-0.3, -0.25) is 0 Å². The molecule has 0 radical (unpaired) electrons. The fraction of sp³-hybridized carbons (Fsp3) is 0. The molecule has 0 spiro atoms. The molecular formula is C9H4ClFO3. The Morgan fingerprint density at radius 2 is 2.21 bits per heavy atom. The number of hydrogen-bond donors (Lipinski definition) is 1. The van der Waals surface area contributed by atoms with E-state index < -0.39 is 11.8 Å². The molecule has 0 bridgehead atoms. The van der Waals surface area contributed by atoms with Crippen molar-refractivity contribution in [3.63, 3.8) is 0 Å². The second kappa shape index (κ2) is 2.99. The predicted octanol–water partition coefficient (Wildman–Crippen LogP) is 2.92. The molecule has 1 aromatic carbocycles. The maximum Gasteiger partial charge on any atom is 0.339 e. The van der Waals surface area contributed by atoms with Crippen molar-refractivity contribution in [3.8, 4) is 0 Å². The molecule has 1 N–H and O–H groups in total. The molecule has 0 unspecified atom stereocenters. The minimum absolute atomic E-state index is 0.0735. The molecule has 1 aromatic heterocycles. The van der Waals surface area contributed by atoms with Crippen molar-refractivity contribution in [1.29, 1.82) is 0 Å². The van der Waals surface area contributed by atoms with Crippen LogP contribution in [-0.2, 0) is 0 Å². The summed E-state index contributed by atoms with van der Waals surface area (Å²) in [4.78, 5) is 10.7. The fourth-order valence-corrected chi connectivity index (χ4v) is 1.36. The first kappa shape index (κ1) is 9.02. The Morgan fingerprint density at radius 1 is 1.50 bits per heavy atom. The van der Waals surface area contributed by atoms with Crippen molar-refractivity contribution in [2.45, 2.75) is 0 Å². The van der Waals surface area contributed by atoms with Gasteiger partial charge in [-0.05, 0) is 12.1 Å². The van der Waals surface area contributed by atoms with Gasteiger partial charge in [0.15, 0.2) is 11.4 Å². The van der Waals surface area contributed by atoms with Gasteiger partial charge in [0, 0.05) is 5.39 Å². The largest absolute Gasteiger partial charge is 0.478 e. The van der Waals surface area contributed by atoms with E-state index in [1.807, 2.05) is 0 Å². The van der Waals surface area contributed by atoms with Crippen LogP contribution in [0.1, 0.15) is 10.4 Å². The van der Waals surface area contributed by atoms with Gasteiger partial charge in [0.05, 0.1) is 5.02 Å². The summed E-state index contributed by atoms with van der Waals surface area (Å²) < 4.78 is 18.0. The van der Waals surface area contributed by atoms with E-state index >= 15 is 0 Å². The molecule has 0 aliphatic rings. The average Bonchev–Trinajstić information content (AvgIpc) is 2.55. The molecule has 3 nitrogen and oxygen atoms in total. The molecule has 0 atom stereocenters. The highest BCUT2D eigenvalue weighted by atomic mass is 35.5. The molecule has 0 fully saturated rings. The van der Waals surface area contributed by atoms with E-state index in [0.717, 1.165) is 6.26 Å². The number of aromatic carboxylic acids is 1. The smallest absolute Gasteiger partial charge is 0.339 e. The van der Waals surface area contributed by atoms with Crippen molar-refractivity contribution in [2.75, 3.05) is 0 Å². The molecule has 0 saturated carbocycles. The third-order valence-corrected chi connectivity index (χ3v) is 2.16. The summed E-state index contributed by atoms with van der Waals surface area (Å²) in [6.07, 6.45) is 0.992. The monoisotopic (exact) mass is 214 g/mol. The fourth-order valence-electron chi connectivity index (χ4n) is 1.21. The number of carboxylic acid groups (broad SMARTS) is 1. The number of hydrogen-bond acceptors (Lipinski definition) is 2. The molecule has 2 aromatic rings. The highest BCUT2D eigenvalue weighted by molar-refractivity contribution is 6.31. The Balaban J connectivity index is 2.83. The minimum atomic E-state index is -1.16. The Kier molecular flexibility index (Phi) is 1.93. The number of furan rings is 1. The lowest BCUT2D eigenvalue weighted by Gasteiger charge is -1.94. The summed E-state index contributed by atoms with van der Waals surface area (Å²) in [7, 11) is 0.